The van der Waals surface area contributed by atoms with Gasteiger partial charge in [-0.25, -0.2) is 0 Å². The summed E-state index contributed by atoms with van der Waals surface area (Å²) in [6, 6.07) is 61.1. The van der Waals surface area contributed by atoms with Gasteiger partial charge in [0.25, 0.3) is 6.71 Å². The molecule has 248 valence electrons. The van der Waals surface area contributed by atoms with E-state index in [9.17, 15) is 0 Å². The van der Waals surface area contributed by atoms with Crippen molar-refractivity contribution >= 4 is 54.6 Å². The second-order valence-corrected chi connectivity index (χ2v) is 15.1. The monoisotopic (exact) mass is 694 g/mol. The second-order valence-electron chi connectivity index (χ2n) is 14.1. The van der Waals surface area contributed by atoms with E-state index < -0.39 is 0 Å². The summed E-state index contributed by atoms with van der Waals surface area (Å²) < 4.78 is 15.8. The van der Waals surface area contributed by atoms with Crippen LogP contribution in [-0.2, 0) is 0 Å². The minimum absolute atomic E-state index is 0.0751. The molecule has 0 saturated heterocycles. The standard InChI is InChI=1S/C49H31BO2S/c1-30-26-39(35-24-18-32(19-25-35)31-10-3-2-4-11-31)49-40(27-30)38-13-9-12-37(48(38)53-49)34-22-20-33(21-23-34)36-28-45-47-46(29-36)52-44-17-8-6-15-42(44)50(47)41-14-5-7-16-43(41)51-45/h2-29H,1H3. The van der Waals surface area contributed by atoms with E-state index in [0.29, 0.717) is 0 Å². The molecule has 8 aromatic carbocycles. The maximum Gasteiger partial charge on any atom is 0.260 e. The topological polar surface area (TPSA) is 18.5 Å². The lowest BCUT2D eigenvalue weighted by molar-refractivity contribution is 0.465. The molecule has 9 aromatic rings. The number of benzene rings is 8. The molecule has 2 nitrogen and oxygen atoms in total. The van der Waals surface area contributed by atoms with Crippen LogP contribution >= 0.6 is 11.3 Å². The number of thiophene rings is 1. The van der Waals surface area contributed by atoms with E-state index in [1.165, 1.54) is 70.0 Å². The van der Waals surface area contributed by atoms with E-state index in [1.807, 2.05) is 23.5 Å². The number of rotatable bonds is 4. The van der Waals surface area contributed by atoms with E-state index >= 15 is 0 Å². The Morgan fingerprint density at radius 3 is 1.58 bits per heavy atom. The van der Waals surface area contributed by atoms with Crippen molar-refractivity contribution in [2.75, 3.05) is 0 Å². The van der Waals surface area contributed by atoms with E-state index in [0.717, 1.165) is 39.6 Å². The maximum atomic E-state index is 6.57. The van der Waals surface area contributed by atoms with Crippen molar-refractivity contribution in [3.05, 3.63) is 175 Å². The molecule has 4 heteroatoms. The minimum Gasteiger partial charge on any atom is -0.458 e. The molecule has 0 bridgehead atoms. The maximum absolute atomic E-state index is 6.57. The van der Waals surface area contributed by atoms with Gasteiger partial charge >= 0.3 is 0 Å². The van der Waals surface area contributed by atoms with Gasteiger partial charge in [0.15, 0.2) is 0 Å². The van der Waals surface area contributed by atoms with E-state index in [1.54, 1.807) is 0 Å². The first-order valence-corrected chi connectivity index (χ1v) is 18.9. The van der Waals surface area contributed by atoms with Crippen LogP contribution in [0, 0.1) is 6.92 Å². The molecule has 0 saturated carbocycles. The van der Waals surface area contributed by atoms with Gasteiger partial charge in [-0.15, -0.1) is 11.3 Å². The molecule has 53 heavy (non-hydrogen) atoms. The first-order valence-electron chi connectivity index (χ1n) is 18.1. The van der Waals surface area contributed by atoms with Gasteiger partial charge in [0, 0.05) is 25.6 Å². The Bertz CT molecular complexity index is 2820. The molecule has 1 aromatic heterocycles. The number of para-hydroxylation sites is 2. The molecule has 0 radical (unpaired) electrons. The average Bonchev–Trinajstić information content (AvgIpc) is 3.59. The first-order chi connectivity index (χ1) is 26.2. The third-order valence-electron chi connectivity index (χ3n) is 10.9. The minimum atomic E-state index is 0.0751. The highest BCUT2D eigenvalue weighted by Crippen LogP contribution is 2.45. The zero-order valence-electron chi connectivity index (χ0n) is 29.0. The SMILES string of the molecule is Cc1cc(-c2ccc(-c3ccccc3)cc2)c2sc3c(-c4ccc(-c5cc6c7c(c5)Oc5ccccc5B7c5ccccc5O6)cc4)cccc3c2c1. The van der Waals surface area contributed by atoms with Crippen molar-refractivity contribution in [3.8, 4) is 67.5 Å². The first kappa shape index (κ1) is 30.3. The van der Waals surface area contributed by atoms with Gasteiger partial charge in [0.05, 0.1) is 0 Å². The molecule has 0 amide bonds. The van der Waals surface area contributed by atoms with Gasteiger partial charge in [-0.3, -0.25) is 0 Å². The molecule has 0 atom stereocenters. The van der Waals surface area contributed by atoms with Crippen LogP contribution in [0.4, 0.5) is 0 Å². The summed E-state index contributed by atoms with van der Waals surface area (Å²) in [7, 11) is 0. The van der Waals surface area contributed by atoms with Crippen LogP contribution in [0.3, 0.4) is 0 Å². The Kier molecular flexibility index (Phi) is 6.77. The van der Waals surface area contributed by atoms with E-state index in [4.69, 9.17) is 9.47 Å². The van der Waals surface area contributed by atoms with Gasteiger partial charge in [-0.2, -0.15) is 0 Å². The summed E-state index contributed by atoms with van der Waals surface area (Å²) in [6.45, 7) is 2.28. The summed E-state index contributed by atoms with van der Waals surface area (Å²) in [4.78, 5) is 0. The van der Waals surface area contributed by atoms with Crippen molar-refractivity contribution in [1.82, 2.24) is 0 Å². The summed E-state index contributed by atoms with van der Waals surface area (Å²) in [5.74, 6) is 3.52. The van der Waals surface area contributed by atoms with Crippen molar-refractivity contribution in [1.29, 1.82) is 0 Å². The largest absolute Gasteiger partial charge is 0.458 e. The van der Waals surface area contributed by atoms with Crippen molar-refractivity contribution in [3.63, 3.8) is 0 Å². The van der Waals surface area contributed by atoms with Crippen LogP contribution < -0.4 is 25.9 Å². The number of hydrogen-bond acceptors (Lipinski definition) is 3. The predicted molar refractivity (Wildman–Crippen MR) is 223 cm³/mol. The number of ether oxygens (including phenoxy) is 2. The van der Waals surface area contributed by atoms with Crippen LogP contribution in [-0.4, -0.2) is 6.71 Å². The molecule has 2 aliphatic heterocycles. The highest BCUT2D eigenvalue weighted by atomic mass is 32.1. The fourth-order valence-corrected chi connectivity index (χ4v) is 9.72. The zero-order valence-corrected chi connectivity index (χ0v) is 29.8. The van der Waals surface area contributed by atoms with E-state index in [2.05, 4.69) is 165 Å². The molecule has 0 unspecified atom stereocenters. The molecular weight excluding hydrogens is 663 g/mol. The normalized spacial score (nSPS) is 12.5. The van der Waals surface area contributed by atoms with Crippen LogP contribution in [0.15, 0.2) is 170 Å². The summed E-state index contributed by atoms with van der Waals surface area (Å²) in [5.41, 5.74) is 14.4. The van der Waals surface area contributed by atoms with Gasteiger partial charge in [0.2, 0.25) is 0 Å². The molecule has 0 aliphatic carbocycles. The third-order valence-corrected chi connectivity index (χ3v) is 12.2. The quantitative estimate of drug-likeness (QED) is 0.171. The van der Waals surface area contributed by atoms with Gasteiger partial charge in [-0.05, 0) is 104 Å². The molecular formula is C49H31BO2S. The fraction of sp³-hybridized carbons (Fsp3) is 0.0204. The van der Waals surface area contributed by atoms with Crippen LogP contribution in [0.1, 0.15) is 5.56 Å². The zero-order chi connectivity index (χ0) is 35.0. The lowest BCUT2D eigenvalue weighted by atomic mass is 9.35. The molecule has 3 heterocycles. The highest BCUT2D eigenvalue weighted by Gasteiger charge is 2.40. The van der Waals surface area contributed by atoms with Gasteiger partial charge < -0.3 is 9.47 Å². The Labute approximate surface area is 312 Å². The molecule has 0 spiro atoms. The van der Waals surface area contributed by atoms with Crippen LogP contribution in [0.2, 0.25) is 0 Å². The fourth-order valence-electron chi connectivity index (χ4n) is 8.36. The van der Waals surface area contributed by atoms with E-state index in [-0.39, 0.29) is 6.71 Å². The van der Waals surface area contributed by atoms with Crippen molar-refractivity contribution < 1.29 is 9.47 Å². The molecule has 11 rings (SSSR count). The Balaban J connectivity index is 0.977. The number of aryl methyl sites for hydroxylation is 1. The third kappa shape index (κ3) is 4.87. The molecule has 2 aliphatic rings. The molecule has 0 fully saturated rings. The Morgan fingerprint density at radius 2 is 0.925 bits per heavy atom. The smallest absolute Gasteiger partial charge is 0.260 e. The van der Waals surface area contributed by atoms with Crippen molar-refractivity contribution in [2.24, 2.45) is 0 Å². The summed E-state index contributed by atoms with van der Waals surface area (Å²) in [5, 5.41) is 2.62. The lowest BCUT2D eigenvalue weighted by Gasteiger charge is -2.33. The summed E-state index contributed by atoms with van der Waals surface area (Å²) in [6.07, 6.45) is 0. The number of fused-ring (bicyclic) bond motifs is 7. The lowest BCUT2D eigenvalue weighted by Crippen LogP contribution is -2.57. The van der Waals surface area contributed by atoms with Crippen LogP contribution in [0.25, 0.3) is 64.7 Å². The van der Waals surface area contributed by atoms with Crippen molar-refractivity contribution in [2.45, 2.75) is 6.92 Å². The average molecular weight is 695 g/mol. The van der Waals surface area contributed by atoms with Crippen LogP contribution in [0.5, 0.6) is 23.0 Å². The Hall–Kier alpha value is -6.36. The highest BCUT2D eigenvalue weighted by molar-refractivity contribution is 7.26. The second kappa shape index (κ2) is 11.8. The summed E-state index contributed by atoms with van der Waals surface area (Å²) >= 11 is 1.90. The Morgan fingerprint density at radius 1 is 0.396 bits per heavy atom. The predicted octanol–water partition coefficient (Wildman–Crippen LogP) is 11.8. The van der Waals surface area contributed by atoms with Gasteiger partial charge in [0.1, 0.15) is 23.0 Å². The number of hydrogen-bond donors (Lipinski definition) is 0. The van der Waals surface area contributed by atoms with Gasteiger partial charge in [-0.1, -0.05) is 133 Å². The molecule has 0 N–H and O–H groups in total.